The zero-order valence-electron chi connectivity index (χ0n) is 10.0. The third-order valence-corrected chi connectivity index (χ3v) is 2.76. The summed E-state index contributed by atoms with van der Waals surface area (Å²) in [6.07, 6.45) is 1.31. The number of halogens is 1. The number of rotatable bonds is 6. The Labute approximate surface area is 110 Å². The van der Waals surface area contributed by atoms with Crippen molar-refractivity contribution < 1.29 is 9.53 Å². The smallest absolute Gasteiger partial charge is 0.224 e. The molecule has 0 spiro atoms. The van der Waals surface area contributed by atoms with Crippen LogP contribution in [0.15, 0.2) is 22.7 Å². The summed E-state index contributed by atoms with van der Waals surface area (Å²) in [7, 11) is 3.45. The van der Waals surface area contributed by atoms with E-state index in [1.54, 1.807) is 7.11 Å². The van der Waals surface area contributed by atoms with E-state index in [9.17, 15) is 4.79 Å². The average Bonchev–Trinajstić information content (AvgIpc) is 2.29. The number of carbonyl (C=O) groups excluding carboxylic acids is 1. The normalized spacial score (nSPS) is 10.1. The Morgan fingerprint density at radius 2 is 2.24 bits per heavy atom. The van der Waals surface area contributed by atoms with Crippen molar-refractivity contribution in [2.24, 2.45) is 0 Å². The van der Waals surface area contributed by atoms with Crippen LogP contribution in [0.25, 0.3) is 0 Å². The van der Waals surface area contributed by atoms with E-state index in [0.29, 0.717) is 17.9 Å². The lowest BCUT2D eigenvalue weighted by molar-refractivity contribution is -0.116. The number of hydrogen-bond acceptors (Lipinski definition) is 3. The van der Waals surface area contributed by atoms with Gasteiger partial charge in [0.25, 0.3) is 0 Å². The van der Waals surface area contributed by atoms with Gasteiger partial charge in [-0.15, -0.1) is 0 Å². The Balaban J connectivity index is 2.60. The maximum atomic E-state index is 11.7. The maximum absolute atomic E-state index is 11.7. The standard InChI is InChI=1S/C12H17BrN2O2/c1-14-7-3-4-12(16)15-10-8-9(13)5-6-11(10)17-2/h5-6,8,14H,3-4,7H2,1-2H3,(H,15,16). The van der Waals surface area contributed by atoms with Crippen molar-refractivity contribution in [3.8, 4) is 5.75 Å². The Hall–Kier alpha value is -1.07. The van der Waals surface area contributed by atoms with E-state index in [2.05, 4.69) is 26.6 Å². The van der Waals surface area contributed by atoms with E-state index in [1.807, 2.05) is 25.2 Å². The third-order valence-electron chi connectivity index (χ3n) is 2.27. The Morgan fingerprint density at radius 1 is 1.47 bits per heavy atom. The molecule has 0 aliphatic carbocycles. The van der Waals surface area contributed by atoms with Gasteiger partial charge in [-0.1, -0.05) is 15.9 Å². The maximum Gasteiger partial charge on any atom is 0.224 e. The van der Waals surface area contributed by atoms with Crippen molar-refractivity contribution in [3.63, 3.8) is 0 Å². The first-order chi connectivity index (χ1) is 8.17. The van der Waals surface area contributed by atoms with Crippen molar-refractivity contribution in [2.75, 3.05) is 26.0 Å². The van der Waals surface area contributed by atoms with E-state index in [4.69, 9.17) is 4.74 Å². The van der Waals surface area contributed by atoms with Gasteiger partial charge in [0.15, 0.2) is 0 Å². The first-order valence-electron chi connectivity index (χ1n) is 5.45. The molecule has 0 aliphatic heterocycles. The number of carbonyl (C=O) groups is 1. The predicted molar refractivity (Wildman–Crippen MR) is 72.5 cm³/mol. The van der Waals surface area contributed by atoms with Crippen molar-refractivity contribution in [1.82, 2.24) is 5.32 Å². The highest BCUT2D eigenvalue weighted by Crippen LogP contribution is 2.27. The quantitative estimate of drug-likeness (QED) is 0.793. The van der Waals surface area contributed by atoms with Crippen LogP contribution in [0.3, 0.4) is 0 Å². The highest BCUT2D eigenvalue weighted by Gasteiger charge is 2.07. The molecule has 1 rings (SSSR count). The van der Waals surface area contributed by atoms with Gasteiger partial charge < -0.3 is 15.4 Å². The average molecular weight is 301 g/mol. The first kappa shape index (κ1) is 14.0. The van der Waals surface area contributed by atoms with Crippen molar-refractivity contribution >= 4 is 27.5 Å². The Kier molecular flexibility index (Phi) is 6.00. The molecular formula is C12H17BrN2O2. The fraction of sp³-hybridized carbons (Fsp3) is 0.417. The molecule has 1 aromatic rings. The Morgan fingerprint density at radius 3 is 2.88 bits per heavy atom. The van der Waals surface area contributed by atoms with Crippen LogP contribution < -0.4 is 15.4 Å². The van der Waals surface area contributed by atoms with Crippen LogP contribution in [0.4, 0.5) is 5.69 Å². The predicted octanol–water partition coefficient (Wildman–Crippen LogP) is 2.40. The second kappa shape index (κ2) is 7.29. The molecule has 0 aromatic heterocycles. The van der Waals surface area contributed by atoms with E-state index in [-0.39, 0.29) is 5.91 Å². The van der Waals surface area contributed by atoms with Crippen LogP contribution in [0, 0.1) is 0 Å². The fourth-order valence-electron chi connectivity index (χ4n) is 1.42. The molecule has 0 atom stereocenters. The molecule has 5 heteroatoms. The van der Waals surface area contributed by atoms with Crippen LogP contribution >= 0.6 is 15.9 Å². The number of benzene rings is 1. The van der Waals surface area contributed by atoms with Gasteiger partial charge in [-0.3, -0.25) is 4.79 Å². The van der Waals surface area contributed by atoms with Crippen LogP contribution in [0.2, 0.25) is 0 Å². The van der Waals surface area contributed by atoms with Gasteiger partial charge in [0, 0.05) is 10.9 Å². The lowest BCUT2D eigenvalue weighted by Crippen LogP contribution is -2.15. The number of methoxy groups -OCH3 is 1. The van der Waals surface area contributed by atoms with Gasteiger partial charge in [0.1, 0.15) is 5.75 Å². The minimum absolute atomic E-state index is 0.00310. The number of hydrogen-bond donors (Lipinski definition) is 2. The van der Waals surface area contributed by atoms with E-state index in [0.717, 1.165) is 17.4 Å². The topological polar surface area (TPSA) is 50.4 Å². The SMILES string of the molecule is CNCCCC(=O)Nc1cc(Br)ccc1OC. The number of anilines is 1. The van der Waals surface area contributed by atoms with Gasteiger partial charge >= 0.3 is 0 Å². The van der Waals surface area contributed by atoms with Crippen molar-refractivity contribution in [2.45, 2.75) is 12.8 Å². The summed E-state index contributed by atoms with van der Waals surface area (Å²) in [4.78, 5) is 11.7. The van der Waals surface area contributed by atoms with Crippen molar-refractivity contribution in [3.05, 3.63) is 22.7 Å². The molecule has 0 saturated heterocycles. The third kappa shape index (κ3) is 4.75. The minimum atomic E-state index is -0.00310. The summed E-state index contributed by atoms with van der Waals surface area (Å²) < 4.78 is 6.09. The lowest BCUT2D eigenvalue weighted by Gasteiger charge is -2.10. The van der Waals surface area contributed by atoms with E-state index < -0.39 is 0 Å². The summed E-state index contributed by atoms with van der Waals surface area (Å²) in [6, 6.07) is 5.51. The highest BCUT2D eigenvalue weighted by atomic mass is 79.9. The molecule has 0 saturated carbocycles. The second-order valence-electron chi connectivity index (χ2n) is 3.60. The molecule has 1 amide bonds. The van der Waals surface area contributed by atoms with Crippen LogP contribution in [0.5, 0.6) is 5.75 Å². The molecule has 0 unspecified atom stereocenters. The minimum Gasteiger partial charge on any atom is -0.495 e. The molecule has 0 heterocycles. The number of amides is 1. The van der Waals surface area contributed by atoms with Crippen LogP contribution in [0.1, 0.15) is 12.8 Å². The summed E-state index contributed by atoms with van der Waals surface area (Å²) in [5.74, 6) is 0.659. The Bertz CT molecular complexity index is 383. The molecule has 0 bridgehead atoms. The number of ether oxygens (including phenoxy) is 1. The fourth-order valence-corrected chi connectivity index (χ4v) is 1.78. The van der Waals surface area contributed by atoms with E-state index >= 15 is 0 Å². The van der Waals surface area contributed by atoms with Crippen LogP contribution in [-0.4, -0.2) is 26.6 Å². The second-order valence-corrected chi connectivity index (χ2v) is 4.52. The molecular weight excluding hydrogens is 284 g/mol. The lowest BCUT2D eigenvalue weighted by atomic mass is 10.2. The van der Waals surface area contributed by atoms with Crippen LogP contribution in [-0.2, 0) is 4.79 Å². The molecule has 4 nitrogen and oxygen atoms in total. The zero-order valence-corrected chi connectivity index (χ0v) is 11.6. The molecule has 0 radical (unpaired) electrons. The summed E-state index contributed by atoms with van der Waals surface area (Å²) in [6.45, 7) is 0.836. The largest absolute Gasteiger partial charge is 0.495 e. The molecule has 2 N–H and O–H groups in total. The van der Waals surface area contributed by atoms with Gasteiger partial charge in [0.05, 0.1) is 12.8 Å². The van der Waals surface area contributed by atoms with Gasteiger partial charge in [0.2, 0.25) is 5.91 Å². The molecule has 94 valence electrons. The summed E-state index contributed by atoms with van der Waals surface area (Å²) in [5, 5.41) is 5.85. The van der Waals surface area contributed by atoms with Gasteiger partial charge in [-0.05, 0) is 38.2 Å². The molecule has 1 aromatic carbocycles. The monoisotopic (exact) mass is 300 g/mol. The van der Waals surface area contributed by atoms with Crippen molar-refractivity contribution in [1.29, 1.82) is 0 Å². The summed E-state index contributed by atoms with van der Waals surface area (Å²) >= 11 is 3.36. The van der Waals surface area contributed by atoms with Gasteiger partial charge in [-0.2, -0.15) is 0 Å². The number of nitrogens with one attached hydrogen (secondary N) is 2. The molecule has 17 heavy (non-hydrogen) atoms. The van der Waals surface area contributed by atoms with Gasteiger partial charge in [-0.25, -0.2) is 0 Å². The molecule has 0 fully saturated rings. The zero-order chi connectivity index (χ0) is 12.7. The molecule has 0 aliphatic rings. The first-order valence-corrected chi connectivity index (χ1v) is 6.24. The summed E-state index contributed by atoms with van der Waals surface area (Å²) in [5.41, 5.74) is 0.691. The van der Waals surface area contributed by atoms with E-state index in [1.165, 1.54) is 0 Å². The highest BCUT2D eigenvalue weighted by molar-refractivity contribution is 9.10.